The van der Waals surface area contributed by atoms with Crippen LogP contribution in [0.3, 0.4) is 0 Å². The molecule has 0 atom stereocenters. The Morgan fingerprint density at radius 3 is 2.17 bits per heavy atom. The monoisotopic (exact) mass is 262 g/mol. The third-order valence-electron chi connectivity index (χ3n) is 2.67. The van der Waals surface area contributed by atoms with E-state index in [-0.39, 0.29) is 46.5 Å². The van der Waals surface area contributed by atoms with Crippen molar-refractivity contribution in [2.24, 2.45) is 21.1 Å². The minimum atomic E-state index is -1.25. The van der Waals surface area contributed by atoms with Crippen LogP contribution in [0, 0.1) is 0 Å². The number of fused-ring (bicyclic) bond motifs is 1. The van der Waals surface area contributed by atoms with Crippen LogP contribution in [0.25, 0.3) is 11.2 Å². The Morgan fingerprint density at radius 1 is 1.11 bits per heavy atom. The normalized spacial score (nSPS) is 10.4. The van der Waals surface area contributed by atoms with Crippen molar-refractivity contribution in [3.8, 4) is 0 Å². The van der Waals surface area contributed by atoms with E-state index >= 15 is 0 Å². The van der Waals surface area contributed by atoms with E-state index in [1.807, 2.05) is 0 Å². The molecule has 0 amide bonds. The van der Waals surface area contributed by atoms with Crippen LogP contribution in [0.15, 0.2) is 9.59 Å². The van der Waals surface area contributed by atoms with Gasteiger partial charge in [-0.1, -0.05) is 0 Å². The van der Waals surface area contributed by atoms with Crippen LogP contribution in [0.4, 0.5) is 0 Å². The first-order valence-corrected chi connectivity index (χ1v) is 4.72. The molecule has 0 bridgehead atoms. The van der Waals surface area contributed by atoms with Gasteiger partial charge in [0.2, 0.25) is 5.82 Å². The Morgan fingerprint density at radius 2 is 1.67 bits per heavy atom. The molecule has 0 aromatic carbocycles. The van der Waals surface area contributed by atoms with E-state index in [1.54, 1.807) is 0 Å². The molecule has 0 aliphatic rings. The number of aromatic carboxylic acids is 1. The van der Waals surface area contributed by atoms with E-state index in [2.05, 4.69) is 4.98 Å². The SMILES string of the molecule is Cn1c(=O)c2c(nc(C(=O)O)n2C)n(C)c1=O.[NaH]. The Labute approximate surface area is 123 Å². The fourth-order valence-corrected chi connectivity index (χ4v) is 1.71. The van der Waals surface area contributed by atoms with Gasteiger partial charge in [-0.25, -0.2) is 14.6 Å². The number of imidazole rings is 1. The van der Waals surface area contributed by atoms with Crippen molar-refractivity contribution in [3.63, 3.8) is 0 Å². The van der Waals surface area contributed by atoms with E-state index in [9.17, 15) is 14.4 Å². The van der Waals surface area contributed by atoms with E-state index in [0.717, 1.165) is 9.13 Å². The Bertz CT molecular complexity index is 754. The number of rotatable bonds is 1. The van der Waals surface area contributed by atoms with Gasteiger partial charge < -0.3 is 9.67 Å². The van der Waals surface area contributed by atoms with Gasteiger partial charge in [0.25, 0.3) is 5.56 Å². The van der Waals surface area contributed by atoms with Gasteiger partial charge in [0.15, 0.2) is 11.2 Å². The number of hydrogen-bond acceptors (Lipinski definition) is 4. The molecule has 2 aromatic heterocycles. The summed E-state index contributed by atoms with van der Waals surface area (Å²) in [7, 11) is 4.19. The third-order valence-corrected chi connectivity index (χ3v) is 2.67. The van der Waals surface area contributed by atoms with Gasteiger partial charge in [-0.05, 0) is 0 Å². The van der Waals surface area contributed by atoms with Gasteiger partial charge in [0, 0.05) is 21.1 Å². The van der Waals surface area contributed by atoms with Crippen molar-refractivity contribution in [2.75, 3.05) is 0 Å². The second-order valence-corrected chi connectivity index (χ2v) is 3.68. The van der Waals surface area contributed by atoms with Crippen LogP contribution in [0.5, 0.6) is 0 Å². The van der Waals surface area contributed by atoms with E-state index < -0.39 is 17.2 Å². The molecule has 0 saturated carbocycles. The third kappa shape index (κ3) is 1.82. The van der Waals surface area contributed by atoms with Crippen molar-refractivity contribution in [1.29, 1.82) is 0 Å². The molecule has 0 radical (unpaired) electrons. The maximum atomic E-state index is 11.9. The van der Waals surface area contributed by atoms with Crippen molar-refractivity contribution >= 4 is 46.7 Å². The second-order valence-electron chi connectivity index (χ2n) is 3.68. The zero-order valence-electron chi connectivity index (χ0n) is 9.46. The summed E-state index contributed by atoms with van der Waals surface area (Å²) in [6, 6.07) is 0. The number of hydrogen-bond donors (Lipinski definition) is 1. The average Bonchev–Trinajstić information content (AvgIpc) is 2.62. The first kappa shape index (κ1) is 14.7. The first-order valence-electron chi connectivity index (χ1n) is 4.72. The summed E-state index contributed by atoms with van der Waals surface area (Å²) >= 11 is 0. The molecule has 0 fully saturated rings. The molecule has 0 aliphatic carbocycles. The number of carbonyl (C=O) groups is 1. The van der Waals surface area contributed by atoms with Crippen LogP contribution in [-0.4, -0.2) is 59.3 Å². The van der Waals surface area contributed by atoms with Gasteiger partial charge >= 0.3 is 41.2 Å². The van der Waals surface area contributed by atoms with Crippen LogP contribution >= 0.6 is 0 Å². The van der Waals surface area contributed by atoms with E-state index in [0.29, 0.717) is 0 Å². The van der Waals surface area contributed by atoms with Gasteiger partial charge in [-0.3, -0.25) is 13.9 Å². The molecular weight excluding hydrogens is 251 g/mol. The molecule has 2 heterocycles. The minimum absolute atomic E-state index is 0. The molecule has 2 rings (SSSR count). The predicted molar refractivity (Wildman–Crippen MR) is 65.3 cm³/mol. The Hall–Kier alpha value is -1.38. The Kier molecular flexibility index (Phi) is 3.84. The van der Waals surface area contributed by atoms with Gasteiger partial charge in [0.05, 0.1) is 0 Å². The van der Waals surface area contributed by atoms with Gasteiger partial charge in [0.1, 0.15) is 0 Å². The summed E-state index contributed by atoms with van der Waals surface area (Å²) in [5.74, 6) is -1.53. The summed E-state index contributed by atoms with van der Waals surface area (Å²) in [5.41, 5.74) is -0.951. The fraction of sp³-hybridized carbons (Fsp3) is 0.333. The molecule has 18 heavy (non-hydrogen) atoms. The first-order chi connectivity index (χ1) is 7.86. The molecule has 0 unspecified atom stereocenters. The summed E-state index contributed by atoms with van der Waals surface area (Å²) in [5, 5.41) is 8.91. The van der Waals surface area contributed by atoms with Crippen molar-refractivity contribution in [1.82, 2.24) is 18.7 Å². The second kappa shape index (κ2) is 4.71. The zero-order valence-corrected chi connectivity index (χ0v) is 9.46. The van der Waals surface area contributed by atoms with Crippen LogP contribution < -0.4 is 11.2 Å². The molecule has 8 nitrogen and oxygen atoms in total. The van der Waals surface area contributed by atoms with Gasteiger partial charge in [-0.15, -0.1) is 0 Å². The number of aryl methyl sites for hydroxylation is 2. The molecule has 0 spiro atoms. The molecule has 0 aliphatic heterocycles. The molecule has 2 aromatic rings. The predicted octanol–water partition coefficient (Wildman–Crippen LogP) is -1.98. The van der Waals surface area contributed by atoms with E-state index in [4.69, 9.17) is 5.11 Å². The molecule has 92 valence electrons. The zero-order chi connectivity index (χ0) is 12.9. The van der Waals surface area contributed by atoms with Crippen LogP contribution in [0.1, 0.15) is 10.6 Å². The summed E-state index contributed by atoms with van der Waals surface area (Å²) in [6.07, 6.45) is 0. The molecular formula is C9H11N4NaO4. The standard InChI is InChI=1S/C9H10N4O4.Na.H/c1-11-4-5(10-6(11)8(15)16)12(2)9(17)13(3)7(4)14;;/h1-3H3,(H,15,16);;. The average molecular weight is 262 g/mol. The fourth-order valence-electron chi connectivity index (χ4n) is 1.71. The van der Waals surface area contributed by atoms with E-state index in [1.165, 1.54) is 25.7 Å². The molecule has 1 N–H and O–H groups in total. The van der Waals surface area contributed by atoms with Crippen LogP contribution in [0.2, 0.25) is 0 Å². The quantitative estimate of drug-likeness (QED) is 0.600. The van der Waals surface area contributed by atoms with Crippen molar-refractivity contribution in [2.45, 2.75) is 0 Å². The molecule has 9 heteroatoms. The van der Waals surface area contributed by atoms with Crippen molar-refractivity contribution in [3.05, 3.63) is 26.7 Å². The number of carboxylic acids is 1. The van der Waals surface area contributed by atoms with Crippen LogP contribution in [-0.2, 0) is 21.1 Å². The van der Waals surface area contributed by atoms with Crippen molar-refractivity contribution < 1.29 is 9.90 Å². The Balaban J connectivity index is 0.00000162. The number of carboxylic acid groups (broad SMARTS) is 1. The van der Waals surface area contributed by atoms with Gasteiger partial charge in [-0.2, -0.15) is 0 Å². The summed E-state index contributed by atoms with van der Waals surface area (Å²) in [6.45, 7) is 0. The maximum absolute atomic E-state index is 11.9. The topological polar surface area (TPSA) is 99.1 Å². The number of nitrogens with zero attached hydrogens (tertiary/aromatic N) is 4. The summed E-state index contributed by atoms with van der Waals surface area (Å²) < 4.78 is 3.22. The summed E-state index contributed by atoms with van der Waals surface area (Å²) in [4.78, 5) is 38.2. The molecule has 0 saturated heterocycles. The number of aromatic nitrogens is 4.